The number of carbonyl (C=O) groups excluding carboxylic acids is 5. The van der Waals surface area contributed by atoms with E-state index in [0.29, 0.717) is 25.7 Å². The minimum absolute atomic E-state index is 0.103. The summed E-state index contributed by atoms with van der Waals surface area (Å²) in [7, 11) is 0. The monoisotopic (exact) mass is 822 g/mol. The van der Waals surface area contributed by atoms with Crippen molar-refractivity contribution in [3.8, 4) is 11.8 Å². The minimum Gasteiger partial charge on any atom is -0.444 e. The summed E-state index contributed by atoms with van der Waals surface area (Å²) in [5.74, 6) is -4.07. The first-order chi connectivity index (χ1) is 26.8. The number of hydrogen-bond acceptors (Lipinski definition) is 9. The van der Waals surface area contributed by atoms with Gasteiger partial charge in [-0.1, -0.05) is 11.8 Å². The number of hydrogen-bond donors (Lipinski definition) is 5. The first kappa shape index (κ1) is 48.5. The van der Waals surface area contributed by atoms with Crippen molar-refractivity contribution < 1.29 is 55.7 Å². The van der Waals surface area contributed by atoms with E-state index in [9.17, 15) is 41.5 Å². The van der Waals surface area contributed by atoms with E-state index >= 15 is 0 Å². The molecule has 0 aliphatic carbocycles. The number of anilines is 1. The van der Waals surface area contributed by atoms with Crippen LogP contribution in [0.1, 0.15) is 112 Å². The van der Waals surface area contributed by atoms with Gasteiger partial charge in [-0.15, -0.1) is 0 Å². The number of carbonyl (C=O) groups is 5. The van der Waals surface area contributed by atoms with Gasteiger partial charge in [0.15, 0.2) is 11.6 Å². The third kappa shape index (κ3) is 19.0. The fraction of sp³-hybridized carbons (Fsp3) is 0.550. The number of ether oxygens (including phenoxy) is 3. The van der Waals surface area contributed by atoms with E-state index in [0.717, 1.165) is 0 Å². The maximum absolute atomic E-state index is 14.0. The van der Waals surface area contributed by atoms with Gasteiger partial charge < -0.3 is 40.8 Å². The van der Waals surface area contributed by atoms with Crippen LogP contribution in [0.5, 0.6) is 0 Å². The zero-order valence-electron chi connectivity index (χ0n) is 34.3. The number of nitrogens with zero attached hydrogens (tertiary/aromatic N) is 1. The summed E-state index contributed by atoms with van der Waals surface area (Å²) in [5, 5.41) is 13.2. The highest BCUT2D eigenvalue weighted by Gasteiger charge is 2.29. The standard InChI is InChI=1S/C40H54F4N6O8/c1-38(2,3)56-35(53)45-22-12-10-14-27(33(51)47-25-19-16-24(17-20-25)18-21-26-29(41)31(43)50-32(44)30(26)42)48-34(52)28(49-37(55)58-40(7,8)9)15-11-13-23-46-36(54)57-39(4,5)6/h16-17,19-20,27-28H,10-15,22-23H2,1-9H3,(H,45,53)(H,46,54)(H,47,51)(H,48,52)(H,49,55)/t27-,28-/m0/s1. The van der Waals surface area contributed by atoms with E-state index in [1.807, 2.05) is 5.92 Å². The molecule has 58 heavy (non-hydrogen) atoms. The van der Waals surface area contributed by atoms with Crippen LogP contribution in [0, 0.1) is 35.4 Å². The van der Waals surface area contributed by atoms with E-state index < -0.39 is 88.1 Å². The lowest BCUT2D eigenvalue weighted by molar-refractivity contribution is -0.128. The predicted molar refractivity (Wildman–Crippen MR) is 206 cm³/mol. The Morgan fingerprint density at radius 3 is 1.48 bits per heavy atom. The van der Waals surface area contributed by atoms with Crippen LogP contribution in [0.4, 0.5) is 37.6 Å². The molecule has 18 heteroatoms. The van der Waals surface area contributed by atoms with Crippen LogP contribution >= 0.6 is 0 Å². The normalized spacial score (nSPS) is 12.5. The van der Waals surface area contributed by atoms with E-state index in [4.69, 9.17) is 14.2 Å². The molecule has 0 radical (unpaired) electrons. The van der Waals surface area contributed by atoms with Gasteiger partial charge in [0.1, 0.15) is 34.5 Å². The Hall–Kier alpha value is -5.60. The van der Waals surface area contributed by atoms with E-state index in [-0.39, 0.29) is 37.2 Å². The van der Waals surface area contributed by atoms with Gasteiger partial charge in [-0.2, -0.15) is 13.8 Å². The molecule has 14 nitrogen and oxygen atoms in total. The number of benzene rings is 1. The van der Waals surface area contributed by atoms with Crippen LogP contribution in [0.15, 0.2) is 24.3 Å². The zero-order chi connectivity index (χ0) is 43.8. The molecule has 0 unspecified atom stereocenters. The molecule has 0 aliphatic rings. The average Bonchev–Trinajstić information content (AvgIpc) is 3.07. The Morgan fingerprint density at radius 1 is 0.603 bits per heavy atom. The summed E-state index contributed by atoms with van der Waals surface area (Å²) in [6.07, 6.45) is -0.301. The highest BCUT2D eigenvalue weighted by atomic mass is 19.2. The highest BCUT2D eigenvalue weighted by molar-refractivity contribution is 5.98. The number of pyridine rings is 1. The highest BCUT2D eigenvalue weighted by Crippen LogP contribution is 2.17. The summed E-state index contributed by atoms with van der Waals surface area (Å²) < 4.78 is 70.8. The van der Waals surface area contributed by atoms with E-state index in [2.05, 4.69) is 37.5 Å². The molecule has 1 heterocycles. The Balaban J connectivity index is 2.23. The first-order valence-electron chi connectivity index (χ1n) is 18.7. The van der Waals surface area contributed by atoms with Gasteiger partial charge in [0, 0.05) is 24.3 Å². The van der Waals surface area contributed by atoms with Crippen molar-refractivity contribution in [1.29, 1.82) is 0 Å². The Kier molecular flexibility index (Phi) is 18.2. The molecular formula is C40H54F4N6O8. The van der Waals surface area contributed by atoms with Crippen molar-refractivity contribution in [2.75, 3.05) is 18.4 Å². The van der Waals surface area contributed by atoms with Crippen LogP contribution in [0.3, 0.4) is 0 Å². The molecule has 2 atom stereocenters. The molecule has 0 bridgehead atoms. The fourth-order valence-corrected chi connectivity index (χ4v) is 4.81. The topological polar surface area (TPSA) is 186 Å². The lowest BCUT2D eigenvalue weighted by atomic mass is 10.1. The molecule has 0 fully saturated rings. The van der Waals surface area contributed by atoms with E-state index in [1.54, 1.807) is 62.3 Å². The average molecular weight is 823 g/mol. The second-order valence-electron chi connectivity index (χ2n) is 16.1. The van der Waals surface area contributed by atoms with Gasteiger partial charge in [0.05, 0.1) is 0 Å². The third-order valence-electron chi connectivity index (χ3n) is 7.30. The molecule has 2 aromatic rings. The third-order valence-corrected chi connectivity index (χ3v) is 7.30. The van der Waals surface area contributed by atoms with Crippen molar-refractivity contribution in [3.63, 3.8) is 0 Å². The first-order valence-corrected chi connectivity index (χ1v) is 18.7. The summed E-state index contributed by atoms with van der Waals surface area (Å²) in [6, 6.07) is 3.28. The Morgan fingerprint density at radius 2 is 1.03 bits per heavy atom. The van der Waals surface area contributed by atoms with Crippen molar-refractivity contribution in [3.05, 3.63) is 58.9 Å². The molecule has 1 aromatic carbocycles. The molecular weight excluding hydrogens is 768 g/mol. The SMILES string of the molecule is CC(C)(C)OC(=O)NCCCC[C@H](NC(=O)OC(C)(C)C)C(=O)N[C@@H](CCCCNC(=O)OC(C)(C)C)C(=O)Nc1ccc(C#Cc2c(F)c(F)nc(F)c2F)cc1. The second kappa shape index (κ2) is 21.8. The Bertz CT molecular complexity index is 1790. The lowest BCUT2D eigenvalue weighted by Gasteiger charge is -2.25. The van der Waals surface area contributed by atoms with Gasteiger partial charge in [-0.3, -0.25) is 9.59 Å². The Labute approximate surface area is 336 Å². The van der Waals surface area contributed by atoms with Crippen LogP contribution in [-0.4, -0.2) is 77.1 Å². The van der Waals surface area contributed by atoms with Gasteiger partial charge in [-0.05, 0) is 125 Å². The summed E-state index contributed by atoms with van der Waals surface area (Å²) >= 11 is 0. The molecule has 5 N–H and O–H groups in total. The summed E-state index contributed by atoms with van der Waals surface area (Å²) in [6.45, 7) is 15.8. The molecule has 5 amide bonds. The van der Waals surface area contributed by atoms with Gasteiger partial charge in [0.25, 0.3) is 11.9 Å². The maximum atomic E-state index is 14.0. The van der Waals surface area contributed by atoms with Crippen LogP contribution in [0.2, 0.25) is 0 Å². The van der Waals surface area contributed by atoms with Crippen molar-refractivity contribution in [2.24, 2.45) is 0 Å². The maximum Gasteiger partial charge on any atom is 0.408 e. The quantitative estimate of drug-likeness (QED) is 0.0426. The van der Waals surface area contributed by atoms with Crippen LogP contribution in [-0.2, 0) is 23.8 Å². The van der Waals surface area contributed by atoms with Crippen molar-refractivity contribution >= 4 is 35.8 Å². The minimum atomic E-state index is -1.85. The second-order valence-corrected chi connectivity index (χ2v) is 16.1. The summed E-state index contributed by atoms with van der Waals surface area (Å²) in [5.41, 5.74) is -2.99. The summed E-state index contributed by atoms with van der Waals surface area (Å²) in [4.78, 5) is 66.7. The number of alkyl carbamates (subject to hydrolysis) is 3. The van der Waals surface area contributed by atoms with Crippen molar-refractivity contribution in [1.82, 2.24) is 26.3 Å². The lowest BCUT2D eigenvalue weighted by Crippen LogP contribution is -2.53. The number of amides is 5. The smallest absolute Gasteiger partial charge is 0.408 e. The van der Waals surface area contributed by atoms with Gasteiger partial charge in [-0.25, -0.2) is 23.2 Å². The van der Waals surface area contributed by atoms with Crippen molar-refractivity contribution in [2.45, 2.75) is 130 Å². The zero-order valence-corrected chi connectivity index (χ0v) is 34.3. The number of aromatic nitrogens is 1. The van der Waals surface area contributed by atoms with Crippen LogP contribution in [0.25, 0.3) is 0 Å². The van der Waals surface area contributed by atoms with Gasteiger partial charge >= 0.3 is 18.3 Å². The molecule has 2 rings (SSSR count). The number of unbranched alkanes of at least 4 members (excludes halogenated alkanes) is 2. The molecule has 0 saturated heterocycles. The molecule has 320 valence electrons. The van der Waals surface area contributed by atoms with E-state index in [1.165, 1.54) is 24.3 Å². The largest absolute Gasteiger partial charge is 0.444 e. The number of rotatable bonds is 15. The predicted octanol–water partition coefficient (Wildman–Crippen LogP) is 6.74. The number of nitrogens with one attached hydrogen (secondary N) is 5. The number of halogens is 4. The molecule has 1 aromatic heterocycles. The van der Waals surface area contributed by atoms with Crippen LogP contribution < -0.4 is 26.6 Å². The molecule has 0 aliphatic heterocycles. The fourth-order valence-electron chi connectivity index (χ4n) is 4.81. The van der Waals surface area contributed by atoms with Gasteiger partial charge in [0.2, 0.25) is 11.8 Å². The molecule has 0 spiro atoms. The molecule has 0 saturated carbocycles.